The first-order chi connectivity index (χ1) is 10.7. The van der Waals surface area contributed by atoms with Gasteiger partial charge in [-0.2, -0.15) is 0 Å². The summed E-state index contributed by atoms with van der Waals surface area (Å²) >= 11 is 0. The highest BCUT2D eigenvalue weighted by atomic mass is 16.5. The monoisotopic (exact) mass is 308 g/mol. The normalized spacial score (nSPS) is 42.1. The van der Waals surface area contributed by atoms with Crippen molar-refractivity contribution in [2.45, 2.75) is 63.9 Å². The van der Waals surface area contributed by atoms with E-state index in [0.29, 0.717) is 12.0 Å². The van der Waals surface area contributed by atoms with Crippen molar-refractivity contribution in [1.82, 2.24) is 0 Å². The first kappa shape index (κ1) is 15.4. The maximum atomic E-state index is 10.1. The molecule has 0 unspecified atom stereocenters. The molecule has 0 aromatic heterocycles. The fourth-order valence-corrected chi connectivity index (χ4v) is 6.58. The topological polar surface area (TPSA) is 33.9 Å². The zero-order valence-electron chi connectivity index (χ0n) is 14.1. The molecule has 1 atom stereocenters. The van der Waals surface area contributed by atoms with Gasteiger partial charge in [-0.1, -0.05) is 0 Å². The number of quaternary nitrogens is 1. The van der Waals surface area contributed by atoms with Crippen molar-refractivity contribution < 1.29 is 14.7 Å². The Labute approximate surface area is 135 Å². The molecule has 126 valence electrons. The van der Waals surface area contributed by atoms with E-state index in [4.69, 9.17) is 4.74 Å². The van der Waals surface area contributed by atoms with Gasteiger partial charge in [-0.15, -0.1) is 0 Å². The lowest BCUT2D eigenvalue weighted by molar-refractivity contribution is -0.890. The fourth-order valence-electron chi connectivity index (χ4n) is 6.58. The van der Waals surface area contributed by atoms with E-state index in [1.165, 1.54) is 70.9 Å². The Bertz CT molecular complexity index is 342. The van der Waals surface area contributed by atoms with E-state index in [9.17, 15) is 5.11 Å². The van der Waals surface area contributed by atoms with Crippen LogP contribution in [-0.2, 0) is 4.74 Å². The van der Waals surface area contributed by atoms with Crippen LogP contribution in [-0.4, -0.2) is 44.1 Å². The lowest BCUT2D eigenvalue weighted by Gasteiger charge is -2.57. The van der Waals surface area contributed by atoms with E-state index >= 15 is 0 Å². The van der Waals surface area contributed by atoms with Gasteiger partial charge in [0, 0.05) is 19.4 Å². The van der Waals surface area contributed by atoms with Crippen molar-refractivity contribution in [1.29, 1.82) is 0 Å². The molecular formula is C19H34NO2+. The molecule has 1 heterocycles. The van der Waals surface area contributed by atoms with E-state index in [1.807, 2.05) is 0 Å². The SMILES string of the molecule is O[C@H](COCCC12CC3CC(CC(C3)C1)C2)C[NH+]1CCCC1. The molecule has 5 fully saturated rings. The molecule has 4 bridgehead atoms. The summed E-state index contributed by atoms with van der Waals surface area (Å²) in [7, 11) is 0. The minimum Gasteiger partial charge on any atom is -0.385 e. The van der Waals surface area contributed by atoms with Crippen LogP contribution >= 0.6 is 0 Å². The van der Waals surface area contributed by atoms with Gasteiger partial charge in [-0.25, -0.2) is 0 Å². The van der Waals surface area contributed by atoms with Crippen molar-refractivity contribution in [3.8, 4) is 0 Å². The van der Waals surface area contributed by atoms with Crippen LogP contribution in [0, 0.1) is 23.2 Å². The van der Waals surface area contributed by atoms with Crippen molar-refractivity contribution >= 4 is 0 Å². The molecule has 4 aliphatic carbocycles. The van der Waals surface area contributed by atoms with Gasteiger partial charge in [0.1, 0.15) is 12.6 Å². The molecule has 22 heavy (non-hydrogen) atoms. The highest BCUT2D eigenvalue weighted by molar-refractivity contribution is 5.01. The molecule has 5 aliphatic rings. The summed E-state index contributed by atoms with van der Waals surface area (Å²) in [4.78, 5) is 1.57. The second-order valence-electron chi connectivity index (χ2n) is 9.06. The molecule has 0 amide bonds. The van der Waals surface area contributed by atoms with Crippen LogP contribution in [0.25, 0.3) is 0 Å². The first-order valence-corrected chi connectivity index (χ1v) is 9.80. The average molecular weight is 308 g/mol. The van der Waals surface area contributed by atoms with Crippen LogP contribution in [0.2, 0.25) is 0 Å². The lowest BCUT2D eigenvalue weighted by Crippen LogP contribution is -3.11. The number of hydrogen-bond acceptors (Lipinski definition) is 2. The van der Waals surface area contributed by atoms with Crippen molar-refractivity contribution in [3.63, 3.8) is 0 Å². The number of rotatable bonds is 7. The van der Waals surface area contributed by atoms with Gasteiger partial charge < -0.3 is 14.7 Å². The minimum atomic E-state index is -0.260. The smallest absolute Gasteiger partial charge is 0.126 e. The Morgan fingerprint density at radius 1 is 1.00 bits per heavy atom. The molecule has 0 aromatic rings. The average Bonchev–Trinajstić information content (AvgIpc) is 2.95. The van der Waals surface area contributed by atoms with Crippen molar-refractivity contribution in [2.24, 2.45) is 23.2 Å². The molecule has 3 nitrogen and oxygen atoms in total. The highest BCUT2D eigenvalue weighted by Crippen LogP contribution is 2.61. The summed E-state index contributed by atoms with van der Waals surface area (Å²) < 4.78 is 5.88. The largest absolute Gasteiger partial charge is 0.385 e. The predicted molar refractivity (Wildman–Crippen MR) is 86.8 cm³/mol. The summed E-state index contributed by atoms with van der Waals surface area (Å²) in [6.45, 7) is 4.79. The van der Waals surface area contributed by atoms with Gasteiger partial charge >= 0.3 is 0 Å². The van der Waals surface area contributed by atoms with Crippen LogP contribution in [0.15, 0.2) is 0 Å². The van der Waals surface area contributed by atoms with Gasteiger partial charge in [0.15, 0.2) is 0 Å². The molecule has 0 spiro atoms. The number of nitrogens with one attached hydrogen (secondary N) is 1. The second kappa shape index (κ2) is 6.41. The summed E-state index contributed by atoms with van der Waals surface area (Å²) in [5.74, 6) is 3.11. The van der Waals surface area contributed by atoms with Gasteiger partial charge in [-0.3, -0.25) is 0 Å². The van der Waals surface area contributed by atoms with Crippen LogP contribution in [0.3, 0.4) is 0 Å². The Hall–Kier alpha value is -0.120. The summed E-state index contributed by atoms with van der Waals surface area (Å²) in [5.41, 5.74) is 0.625. The summed E-state index contributed by atoms with van der Waals surface area (Å²) in [6.07, 6.45) is 12.6. The Morgan fingerprint density at radius 3 is 2.18 bits per heavy atom. The zero-order valence-corrected chi connectivity index (χ0v) is 14.1. The van der Waals surface area contributed by atoms with E-state index < -0.39 is 0 Å². The maximum absolute atomic E-state index is 10.1. The van der Waals surface area contributed by atoms with Crippen molar-refractivity contribution in [2.75, 3.05) is 32.8 Å². The lowest BCUT2D eigenvalue weighted by atomic mass is 9.49. The number of hydrogen-bond donors (Lipinski definition) is 2. The Kier molecular flexibility index (Phi) is 4.49. The van der Waals surface area contributed by atoms with E-state index in [1.54, 1.807) is 4.90 Å². The molecule has 5 rings (SSSR count). The third-order valence-electron chi connectivity index (χ3n) is 7.09. The Morgan fingerprint density at radius 2 is 1.59 bits per heavy atom. The van der Waals surface area contributed by atoms with E-state index in [-0.39, 0.29) is 6.10 Å². The molecule has 0 aromatic carbocycles. The zero-order chi connectivity index (χ0) is 15.0. The summed E-state index contributed by atoms with van der Waals surface area (Å²) in [6, 6.07) is 0. The van der Waals surface area contributed by atoms with Crippen molar-refractivity contribution in [3.05, 3.63) is 0 Å². The number of ether oxygens (including phenoxy) is 1. The van der Waals surface area contributed by atoms with Crippen LogP contribution in [0.4, 0.5) is 0 Å². The first-order valence-electron chi connectivity index (χ1n) is 9.80. The third-order valence-corrected chi connectivity index (χ3v) is 7.09. The van der Waals surface area contributed by atoms with Gasteiger partial charge in [0.05, 0.1) is 19.7 Å². The van der Waals surface area contributed by atoms with Crippen LogP contribution < -0.4 is 4.90 Å². The van der Waals surface area contributed by atoms with Gasteiger partial charge in [0.2, 0.25) is 0 Å². The highest BCUT2D eigenvalue weighted by Gasteiger charge is 2.50. The van der Waals surface area contributed by atoms with Gasteiger partial charge in [0.25, 0.3) is 0 Å². The summed E-state index contributed by atoms with van der Waals surface area (Å²) in [5, 5.41) is 10.1. The maximum Gasteiger partial charge on any atom is 0.126 e. The standard InChI is InChI=1S/C19H33NO2/c21-18(13-20-4-1-2-5-20)14-22-6-3-19-10-15-7-16(11-19)9-17(8-15)12-19/h15-18,21H,1-14H2/p+1/t15?,16?,17?,18-,19?/m0/s1. The third kappa shape index (κ3) is 3.37. The number of aliphatic hydroxyl groups is 1. The van der Waals surface area contributed by atoms with Gasteiger partial charge in [-0.05, 0) is 68.1 Å². The molecule has 2 N–H and O–H groups in total. The molecule has 1 saturated heterocycles. The quantitative estimate of drug-likeness (QED) is 0.701. The molecular weight excluding hydrogens is 274 g/mol. The number of aliphatic hydroxyl groups excluding tert-OH is 1. The Balaban J connectivity index is 1.17. The van der Waals surface area contributed by atoms with Crippen LogP contribution in [0.1, 0.15) is 57.8 Å². The van der Waals surface area contributed by atoms with Crippen LogP contribution in [0.5, 0.6) is 0 Å². The fraction of sp³-hybridized carbons (Fsp3) is 1.00. The molecule has 0 radical (unpaired) electrons. The second-order valence-corrected chi connectivity index (χ2v) is 9.06. The van der Waals surface area contributed by atoms with E-state index in [0.717, 1.165) is 30.9 Å². The molecule has 3 heteroatoms. The number of likely N-dealkylation sites (tertiary alicyclic amines) is 1. The molecule has 4 saturated carbocycles. The minimum absolute atomic E-state index is 0.260. The van der Waals surface area contributed by atoms with E-state index in [2.05, 4.69) is 0 Å². The predicted octanol–water partition coefficient (Wildman–Crippen LogP) is 1.65. The molecule has 1 aliphatic heterocycles.